The standard InChI is InChI=1S/C27H26O/c1-3-20-11-15-21(16-12-20)24-17-25(22-7-5-4-6-8-22)26(18-24)27(28)23-13-9-19(2)10-14-23/h4-16,18,25-26H,3,17H2,1-2H3. The zero-order valence-corrected chi connectivity index (χ0v) is 16.6. The SMILES string of the molecule is CCc1ccc(C2=CC(C(=O)c3ccc(C)cc3)C(c3ccccc3)C2)cc1. The van der Waals surface area contributed by atoms with E-state index in [2.05, 4.69) is 68.5 Å². The quantitative estimate of drug-likeness (QED) is 0.463. The molecular formula is C27H26O. The van der Waals surface area contributed by atoms with Crippen molar-refractivity contribution in [3.63, 3.8) is 0 Å². The predicted molar refractivity (Wildman–Crippen MR) is 117 cm³/mol. The molecule has 4 rings (SSSR count). The second kappa shape index (κ2) is 7.98. The number of benzene rings is 3. The fourth-order valence-electron chi connectivity index (χ4n) is 4.13. The molecule has 140 valence electrons. The number of carbonyl (C=O) groups is 1. The van der Waals surface area contributed by atoms with E-state index < -0.39 is 0 Å². The topological polar surface area (TPSA) is 17.1 Å². The molecule has 0 aromatic heterocycles. The maximum absolute atomic E-state index is 13.4. The highest BCUT2D eigenvalue weighted by Gasteiger charge is 2.34. The van der Waals surface area contributed by atoms with Gasteiger partial charge in [-0.3, -0.25) is 4.79 Å². The van der Waals surface area contributed by atoms with E-state index in [-0.39, 0.29) is 17.6 Å². The molecule has 0 heterocycles. The van der Waals surface area contributed by atoms with Crippen LogP contribution in [0.4, 0.5) is 0 Å². The van der Waals surface area contributed by atoms with E-state index in [0.29, 0.717) is 0 Å². The van der Waals surface area contributed by atoms with Gasteiger partial charge in [-0.15, -0.1) is 0 Å². The Morgan fingerprint density at radius 1 is 0.893 bits per heavy atom. The molecule has 1 heteroatoms. The van der Waals surface area contributed by atoms with Crippen LogP contribution in [0, 0.1) is 12.8 Å². The maximum Gasteiger partial charge on any atom is 0.170 e. The fraction of sp³-hybridized carbons (Fsp3) is 0.222. The average Bonchev–Trinajstić information content (AvgIpc) is 3.20. The van der Waals surface area contributed by atoms with Gasteiger partial charge >= 0.3 is 0 Å². The maximum atomic E-state index is 13.4. The van der Waals surface area contributed by atoms with Crippen LogP contribution < -0.4 is 0 Å². The minimum Gasteiger partial charge on any atom is -0.293 e. The normalized spacial score (nSPS) is 18.7. The molecule has 2 unspecified atom stereocenters. The zero-order chi connectivity index (χ0) is 19.5. The van der Waals surface area contributed by atoms with Gasteiger partial charge in [0.2, 0.25) is 0 Å². The number of hydrogen-bond acceptors (Lipinski definition) is 1. The Bertz CT molecular complexity index is 979. The number of allylic oxidation sites excluding steroid dienone is 2. The van der Waals surface area contributed by atoms with Gasteiger partial charge in [0.15, 0.2) is 5.78 Å². The van der Waals surface area contributed by atoms with E-state index >= 15 is 0 Å². The molecular weight excluding hydrogens is 340 g/mol. The van der Waals surface area contributed by atoms with Crippen molar-refractivity contribution < 1.29 is 4.79 Å². The Hall–Kier alpha value is -2.93. The number of ketones is 1. The molecule has 0 radical (unpaired) electrons. The Labute approximate surface area is 167 Å². The van der Waals surface area contributed by atoms with Gasteiger partial charge in [0.1, 0.15) is 0 Å². The average molecular weight is 367 g/mol. The highest BCUT2D eigenvalue weighted by Crippen LogP contribution is 2.44. The fourth-order valence-corrected chi connectivity index (χ4v) is 4.13. The van der Waals surface area contributed by atoms with Crippen molar-refractivity contribution in [3.8, 4) is 0 Å². The van der Waals surface area contributed by atoms with Crippen LogP contribution in [0.5, 0.6) is 0 Å². The molecule has 3 aromatic carbocycles. The highest BCUT2D eigenvalue weighted by molar-refractivity contribution is 6.01. The van der Waals surface area contributed by atoms with E-state index in [1.165, 1.54) is 27.8 Å². The van der Waals surface area contributed by atoms with Crippen LogP contribution in [0.3, 0.4) is 0 Å². The summed E-state index contributed by atoms with van der Waals surface area (Å²) in [6.45, 7) is 4.22. The molecule has 3 aromatic rings. The molecule has 0 amide bonds. The molecule has 0 aliphatic heterocycles. The summed E-state index contributed by atoms with van der Waals surface area (Å²) in [6, 6.07) is 27.2. The van der Waals surface area contributed by atoms with Gasteiger partial charge < -0.3 is 0 Å². The van der Waals surface area contributed by atoms with Crippen LogP contribution in [0.2, 0.25) is 0 Å². The molecule has 0 saturated carbocycles. The van der Waals surface area contributed by atoms with Crippen LogP contribution in [0.1, 0.15) is 51.9 Å². The lowest BCUT2D eigenvalue weighted by Crippen LogP contribution is -2.17. The molecule has 0 N–H and O–H groups in total. The highest BCUT2D eigenvalue weighted by atomic mass is 16.1. The summed E-state index contributed by atoms with van der Waals surface area (Å²) in [5.41, 5.74) is 7.07. The Morgan fingerprint density at radius 3 is 2.21 bits per heavy atom. The van der Waals surface area contributed by atoms with Crippen molar-refractivity contribution in [1.82, 2.24) is 0 Å². The second-order valence-corrected chi connectivity index (χ2v) is 7.72. The molecule has 1 aliphatic carbocycles. The summed E-state index contributed by atoms with van der Waals surface area (Å²) >= 11 is 0. The van der Waals surface area contributed by atoms with Crippen molar-refractivity contribution in [2.45, 2.75) is 32.6 Å². The third kappa shape index (κ3) is 3.71. The number of carbonyl (C=O) groups excluding carboxylic acids is 1. The number of rotatable bonds is 5. The lowest BCUT2D eigenvalue weighted by atomic mass is 9.83. The minimum atomic E-state index is -0.119. The molecule has 28 heavy (non-hydrogen) atoms. The smallest absolute Gasteiger partial charge is 0.170 e. The van der Waals surface area contributed by atoms with Gasteiger partial charge in [-0.1, -0.05) is 97.4 Å². The van der Waals surface area contributed by atoms with Gasteiger partial charge in [-0.2, -0.15) is 0 Å². The third-order valence-electron chi connectivity index (χ3n) is 5.85. The Balaban J connectivity index is 1.70. The molecule has 1 nitrogen and oxygen atoms in total. The zero-order valence-electron chi connectivity index (χ0n) is 16.6. The summed E-state index contributed by atoms with van der Waals surface area (Å²) in [5.74, 6) is 0.288. The first-order valence-corrected chi connectivity index (χ1v) is 10.1. The lowest BCUT2D eigenvalue weighted by Gasteiger charge is -2.19. The van der Waals surface area contributed by atoms with E-state index in [1.54, 1.807) is 0 Å². The van der Waals surface area contributed by atoms with Crippen molar-refractivity contribution in [2.75, 3.05) is 0 Å². The summed E-state index contributed by atoms with van der Waals surface area (Å²) < 4.78 is 0. The molecule has 0 fully saturated rings. The monoisotopic (exact) mass is 366 g/mol. The lowest BCUT2D eigenvalue weighted by molar-refractivity contribution is 0.0935. The van der Waals surface area contributed by atoms with Crippen molar-refractivity contribution in [2.24, 2.45) is 5.92 Å². The van der Waals surface area contributed by atoms with Gasteiger partial charge in [-0.05, 0) is 42.0 Å². The first kappa shape index (κ1) is 18.4. The van der Waals surface area contributed by atoms with Crippen molar-refractivity contribution >= 4 is 11.4 Å². The van der Waals surface area contributed by atoms with Gasteiger partial charge in [0.05, 0.1) is 0 Å². The van der Waals surface area contributed by atoms with Gasteiger partial charge in [-0.25, -0.2) is 0 Å². The van der Waals surface area contributed by atoms with Crippen LogP contribution in [-0.4, -0.2) is 5.78 Å². The molecule has 0 bridgehead atoms. The second-order valence-electron chi connectivity index (χ2n) is 7.72. The first-order valence-electron chi connectivity index (χ1n) is 10.1. The third-order valence-corrected chi connectivity index (χ3v) is 5.85. The molecule has 1 aliphatic rings. The molecule has 0 spiro atoms. The van der Waals surface area contributed by atoms with E-state index in [4.69, 9.17) is 0 Å². The first-order chi connectivity index (χ1) is 13.7. The molecule has 2 atom stereocenters. The van der Waals surface area contributed by atoms with Crippen LogP contribution in [0.25, 0.3) is 5.57 Å². The Morgan fingerprint density at radius 2 is 1.57 bits per heavy atom. The Kier molecular flexibility index (Phi) is 5.25. The number of aryl methyl sites for hydroxylation is 2. The van der Waals surface area contributed by atoms with E-state index in [1.807, 2.05) is 30.3 Å². The summed E-state index contributed by atoms with van der Waals surface area (Å²) in [7, 11) is 0. The summed E-state index contributed by atoms with van der Waals surface area (Å²) in [4.78, 5) is 13.4. The van der Waals surface area contributed by atoms with Crippen LogP contribution in [0.15, 0.2) is 84.9 Å². The summed E-state index contributed by atoms with van der Waals surface area (Å²) in [6.07, 6.45) is 4.15. The summed E-state index contributed by atoms with van der Waals surface area (Å²) in [5, 5.41) is 0. The number of Topliss-reactive ketones (excluding diaryl/α,β-unsaturated/α-hetero) is 1. The molecule has 0 saturated heterocycles. The minimum absolute atomic E-state index is 0.119. The van der Waals surface area contributed by atoms with E-state index in [9.17, 15) is 4.79 Å². The van der Waals surface area contributed by atoms with Crippen molar-refractivity contribution in [3.05, 3.63) is 113 Å². The van der Waals surface area contributed by atoms with Gasteiger partial charge in [0.25, 0.3) is 0 Å². The van der Waals surface area contributed by atoms with Crippen molar-refractivity contribution in [1.29, 1.82) is 0 Å². The van der Waals surface area contributed by atoms with Gasteiger partial charge in [0, 0.05) is 17.4 Å². The van der Waals surface area contributed by atoms with E-state index in [0.717, 1.165) is 18.4 Å². The van der Waals surface area contributed by atoms with Crippen LogP contribution in [-0.2, 0) is 6.42 Å². The largest absolute Gasteiger partial charge is 0.293 e. The predicted octanol–water partition coefficient (Wildman–Crippen LogP) is 6.63. The van der Waals surface area contributed by atoms with Crippen LogP contribution >= 0.6 is 0 Å². The number of hydrogen-bond donors (Lipinski definition) is 0.